The fraction of sp³-hybridized carbons (Fsp3) is 0.273. The number of phenols is 1. The standard InChI is InChI=1S/C22H16ClF5N8O2/c1-20(9-2-3-10(23)13(37)6-9)14-15(29)33-16(34-17(14)35-19(20)38)12-7-36-18(30-8-31-36)11(32-12)4-5-21(24,25)22(26,27)28/h2-3,6-8,37H,4-5H2,1H3,(H3,29,33,34,35,38). The van der Waals surface area contributed by atoms with E-state index in [-0.39, 0.29) is 50.8 Å². The van der Waals surface area contributed by atoms with E-state index in [1.807, 2.05) is 0 Å². The number of carbonyl (C=O) groups excluding carboxylic acids is 1. The zero-order valence-corrected chi connectivity index (χ0v) is 19.9. The number of hydrogen-bond acceptors (Lipinski definition) is 8. The molecule has 0 aliphatic carbocycles. The summed E-state index contributed by atoms with van der Waals surface area (Å²) in [5.74, 6) is -5.98. The predicted octanol–water partition coefficient (Wildman–Crippen LogP) is 3.91. The second-order valence-corrected chi connectivity index (χ2v) is 9.11. The number of halogens is 6. The van der Waals surface area contributed by atoms with Gasteiger partial charge in [0.25, 0.3) is 0 Å². The topological polar surface area (TPSA) is 144 Å². The van der Waals surface area contributed by atoms with Crippen LogP contribution >= 0.6 is 11.6 Å². The van der Waals surface area contributed by atoms with Crippen molar-refractivity contribution in [3.63, 3.8) is 0 Å². The number of benzene rings is 1. The van der Waals surface area contributed by atoms with Crippen LogP contribution in [0, 0.1) is 0 Å². The van der Waals surface area contributed by atoms with Crippen LogP contribution in [0.2, 0.25) is 5.02 Å². The molecule has 0 bridgehead atoms. The highest BCUT2D eigenvalue weighted by Crippen LogP contribution is 2.46. The Bertz CT molecular complexity index is 1610. The lowest BCUT2D eigenvalue weighted by Gasteiger charge is -2.23. The minimum Gasteiger partial charge on any atom is -0.506 e. The van der Waals surface area contributed by atoms with Gasteiger partial charge in [0.05, 0.1) is 22.5 Å². The van der Waals surface area contributed by atoms with Crippen LogP contribution in [0.15, 0.2) is 30.7 Å². The van der Waals surface area contributed by atoms with Gasteiger partial charge in [-0.2, -0.15) is 27.1 Å². The monoisotopic (exact) mass is 554 g/mol. The Labute approximate surface area is 214 Å². The molecule has 38 heavy (non-hydrogen) atoms. The number of nitrogen functional groups attached to an aromatic ring is 1. The van der Waals surface area contributed by atoms with E-state index in [2.05, 4.69) is 30.4 Å². The van der Waals surface area contributed by atoms with Gasteiger partial charge in [-0.15, -0.1) is 0 Å². The molecule has 0 radical (unpaired) electrons. The van der Waals surface area contributed by atoms with E-state index < -0.39 is 36.3 Å². The number of aryl methyl sites for hydroxylation is 1. The smallest absolute Gasteiger partial charge is 0.453 e. The second-order valence-electron chi connectivity index (χ2n) is 8.70. The number of rotatable bonds is 5. The summed E-state index contributed by atoms with van der Waals surface area (Å²) < 4.78 is 66.3. The van der Waals surface area contributed by atoms with E-state index in [1.54, 1.807) is 6.92 Å². The van der Waals surface area contributed by atoms with Gasteiger partial charge in [0, 0.05) is 6.42 Å². The Morgan fingerprint density at radius 2 is 1.92 bits per heavy atom. The molecule has 1 aliphatic rings. The Kier molecular flexibility index (Phi) is 5.67. The Hall–Kier alpha value is -4.14. The number of aromatic nitrogens is 6. The molecule has 16 heteroatoms. The number of fused-ring (bicyclic) bond motifs is 2. The minimum absolute atomic E-state index is 0.0238. The van der Waals surface area contributed by atoms with Crippen LogP contribution in [0.1, 0.15) is 30.2 Å². The molecule has 3 aromatic heterocycles. The summed E-state index contributed by atoms with van der Waals surface area (Å²) in [6.07, 6.45) is -5.69. The number of nitrogens with zero attached hydrogens (tertiary/aromatic N) is 6. The molecule has 0 saturated heterocycles. The van der Waals surface area contributed by atoms with Crippen LogP contribution in [-0.4, -0.2) is 52.7 Å². The summed E-state index contributed by atoms with van der Waals surface area (Å²) in [5, 5.41) is 16.6. The molecule has 1 aliphatic heterocycles. The van der Waals surface area contributed by atoms with Gasteiger partial charge >= 0.3 is 12.1 Å². The molecule has 1 amide bonds. The van der Waals surface area contributed by atoms with Crippen molar-refractivity contribution in [1.82, 2.24) is 29.5 Å². The molecule has 0 spiro atoms. The molecule has 4 N–H and O–H groups in total. The molecular weight excluding hydrogens is 539 g/mol. The first kappa shape index (κ1) is 25.5. The summed E-state index contributed by atoms with van der Waals surface area (Å²) in [7, 11) is 0. The maximum Gasteiger partial charge on any atom is 0.453 e. The molecule has 4 aromatic rings. The molecule has 198 valence electrons. The molecule has 5 rings (SSSR count). The number of nitrogens with one attached hydrogen (secondary N) is 1. The van der Waals surface area contributed by atoms with E-state index >= 15 is 0 Å². The maximum absolute atomic E-state index is 13.6. The third-order valence-corrected chi connectivity index (χ3v) is 6.62. The molecule has 1 aromatic carbocycles. The lowest BCUT2D eigenvalue weighted by molar-refractivity contribution is -0.284. The summed E-state index contributed by atoms with van der Waals surface area (Å²) in [6, 6.07) is 4.26. The van der Waals surface area contributed by atoms with Crippen molar-refractivity contribution >= 4 is 34.8 Å². The second kappa shape index (κ2) is 8.44. The fourth-order valence-electron chi connectivity index (χ4n) is 4.21. The van der Waals surface area contributed by atoms with E-state index in [1.165, 1.54) is 24.4 Å². The van der Waals surface area contributed by atoms with Crippen LogP contribution in [-0.2, 0) is 16.6 Å². The first-order valence-corrected chi connectivity index (χ1v) is 11.2. The molecule has 10 nitrogen and oxygen atoms in total. The van der Waals surface area contributed by atoms with E-state index in [0.717, 1.165) is 10.8 Å². The van der Waals surface area contributed by atoms with Crippen LogP contribution < -0.4 is 11.1 Å². The van der Waals surface area contributed by atoms with Crippen molar-refractivity contribution in [3.05, 3.63) is 52.6 Å². The van der Waals surface area contributed by atoms with Crippen LogP contribution in [0.4, 0.5) is 33.6 Å². The normalized spacial score (nSPS) is 17.6. The van der Waals surface area contributed by atoms with Gasteiger partial charge in [0.2, 0.25) is 5.91 Å². The van der Waals surface area contributed by atoms with Crippen LogP contribution in [0.5, 0.6) is 5.75 Å². The molecule has 1 unspecified atom stereocenters. The molecule has 4 heterocycles. The predicted molar refractivity (Wildman–Crippen MR) is 124 cm³/mol. The van der Waals surface area contributed by atoms with Crippen LogP contribution in [0.25, 0.3) is 17.2 Å². The van der Waals surface area contributed by atoms with E-state index in [0.29, 0.717) is 5.56 Å². The van der Waals surface area contributed by atoms with Gasteiger partial charge in [-0.05, 0) is 31.0 Å². The van der Waals surface area contributed by atoms with Gasteiger partial charge in [-0.3, -0.25) is 4.79 Å². The Morgan fingerprint density at radius 3 is 2.61 bits per heavy atom. The first-order chi connectivity index (χ1) is 17.7. The average molecular weight is 555 g/mol. The van der Waals surface area contributed by atoms with Crippen molar-refractivity contribution in [2.24, 2.45) is 0 Å². The van der Waals surface area contributed by atoms with Crippen LogP contribution in [0.3, 0.4) is 0 Å². The number of nitrogens with two attached hydrogens (primary N) is 1. The maximum atomic E-state index is 13.6. The highest BCUT2D eigenvalue weighted by molar-refractivity contribution is 6.32. The summed E-state index contributed by atoms with van der Waals surface area (Å²) in [5.41, 5.74) is 5.11. The quantitative estimate of drug-likeness (QED) is 0.315. The number of hydrogen-bond donors (Lipinski definition) is 3. The third kappa shape index (κ3) is 3.93. The van der Waals surface area contributed by atoms with Gasteiger partial charge in [-0.1, -0.05) is 17.7 Å². The van der Waals surface area contributed by atoms with E-state index in [4.69, 9.17) is 17.3 Å². The number of phenolic OH excluding ortho intramolecular Hbond substituents is 1. The summed E-state index contributed by atoms with van der Waals surface area (Å²) in [6.45, 7) is 1.55. The number of alkyl halides is 5. The number of anilines is 2. The van der Waals surface area contributed by atoms with Crippen molar-refractivity contribution < 1.29 is 31.9 Å². The third-order valence-electron chi connectivity index (χ3n) is 6.30. The number of carbonyl (C=O) groups is 1. The summed E-state index contributed by atoms with van der Waals surface area (Å²) >= 11 is 5.89. The lowest BCUT2D eigenvalue weighted by atomic mass is 9.77. The lowest BCUT2D eigenvalue weighted by Crippen LogP contribution is -2.36. The number of aromatic hydroxyl groups is 1. The highest BCUT2D eigenvalue weighted by Gasteiger charge is 2.56. The highest BCUT2D eigenvalue weighted by atomic mass is 35.5. The van der Waals surface area contributed by atoms with Gasteiger partial charge in [0.15, 0.2) is 11.5 Å². The molecule has 0 fully saturated rings. The van der Waals surface area contributed by atoms with Gasteiger partial charge in [0.1, 0.15) is 34.8 Å². The largest absolute Gasteiger partial charge is 0.506 e. The number of amides is 1. The molecule has 1 atom stereocenters. The molecule has 0 saturated carbocycles. The van der Waals surface area contributed by atoms with Crippen molar-refractivity contribution in [3.8, 4) is 17.3 Å². The SMILES string of the molecule is CC1(c2ccc(Cl)c(O)c2)C(=O)Nc2nc(-c3cn4ncnc4c(CCC(F)(F)C(F)(F)F)n3)nc(N)c21. The minimum atomic E-state index is -5.72. The van der Waals surface area contributed by atoms with E-state index in [9.17, 15) is 31.9 Å². The van der Waals surface area contributed by atoms with Crippen molar-refractivity contribution in [1.29, 1.82) is 0 Å². The fourth-order valence-corrected chi connectivity index (χ4v) is 4.32. The Morgan fingerprint density at radius 1 is 1.18 bits per heavy atom. The average Bonchev–Trinajstić information content (AvgIpc) is 3.41. The Balaban J connectivity index is 1.57. The van der Waals surface area contributed by atoms with Crippen molar-refractivity contribution in [2.45, 2.75) is 37.3 Å². The van der Waals surface area contributed by atoms with Gasteiger partial charge < -0.3 is 16.2 Å². The summed E-state index contributed by atoms with van der Waals surface area (Å²) in [4.78, 5) is 29.6. The zero-order valence-electron chi connectivity index (χ0n) is 19.2. The molecular formula is C22H16ClF5N8O2. The van der Waals surface area contributed by atoms with Gasteiger partial charge in [-0.25, -0.2) is 24.5 Å². The van der Waals surface area contributed by atoms with Crippen molar-refractivity contribution in [2.75, 3.05) is 11.1 Å². The first-order valence-electron chi connectivity index (χ1n) is 10.8. The zero-order chi connectivity index (χ0) is 27.6.